The van der Waals surface area contributed by atoms with E-state index in [0.717, 1.165) is 12.0 Å². The van der Waals surface area contributed by atoms with Gasteiger partial charge in [-0.1, -0.05) is 38.1 Å². The van der Waals surface area contributed by atoms with Gasteiger partial charge >= 0.3 is 0 Å². The molecule has 94 valence electrons. The van der Waals surface area contributed by atoms with Crippen LogP contribution < -0.4 is 11.1 Å². The maximum atomic E-state index is 11.5. The van der Waals surface area contributed by atoms with Crippen LogP contribution in [-0.2, 0) is 17.8 Å². The van der Waals surface area contributed by atoms with E-state index in [2.05, 4.69) is 17.4 Å². The van der Waals surface area contributed by atoms with Gasteiger partial charge < -0.3 is 11.1 Å². The van der Waals surface area contributed by atoms with Crippen molar-refractivity contribution in [3.05, 3.63) is 35.4 Å². The summed E-state index contributed by atoms with van der Waals surface area (Å²) in [6, 6.07) is 8.22. The molecule has 0 atom stereocenters. The second kappa shape index (κ2) is 7.07. The first kappa shape index (κ1) is 13.7. The molecule has 1 aromatic rings. The first-order valence-electron chi connectivity index (χ1n) is 6.16. The highest BCUT2D eigenvalue weighted by molar-refractivity contribution is 5.76. The number of benzene rings is 1. The van der Waals surface area contributed by atoms with Crippen LogP contribution in [0.4, 0.5) is 0 Å². The summed E-state index contributed by atoms with van der Waals surface area (Å²) < 4.78 is 0. The highest BCUT2D eigenvalue weighted by Crippen LogP contribution is 2.05. The van der Waals surface area contributed by atoms with Crippen LogP contribution in [0.5, 0.6) is 0 Å². The molecule has 0 saturated heterocycles. The van der Waals surface area contributed by atoms with Crippen molar-refractivity contribution < 1.29 is 4.79 Å². The van der Waals surface area contributed by atoms with Crippen LogP contribution in [0, 0.1) is 5.92 Å². The van der Waals surface area contributed by atoms with Crippen molar-refractivity contribution in [3.63, 3.8) is 0 Å². The van der Waals surface area contributed by atoms with E-state index in [1.165, 1.54) is 5.56 Å². The summed E-state index contributed by atoms with van der Waals surface area (Å²) >= 11 is 0. The van der Waals surface area contributed by atoms with Gasteiger partial charge in [-0.3, -0.25) is 4.79 Å². The maximum absolute atomic E-state index is 11.5. The molecular formula is C14H22N2O. The Bertz CT molecular complexity index is 344. The molecule has 3 nitrogen and oxygen atoms in total. The quantitative estimate of drug-likeness (QED) is 0.789. The minimum absolute atomic E-state index is 0.117. The number of nitrogens with one attached hydrogen (secondary N) is 1. The van der Waals surface area contributed by atoms with E-state index < -0.39 is 0 Å². The van der Waals surface area contributed by atoms with E-state index in [1.807, 2.05) is 26.0 Å². The van der Waals surface area contributed by atoms with Gasteiger partial charge in [-0.15, -0.1) is 0 Å². The lowest BCUT2D eigenvalue weighted by Gasteiger charge is -2.07. The molecule has 0 aromatic heterocycles. The molecule has 0 saturated carbocycles. The summed E-state index contributed by atoms with van der Waals surface area (Å²) in [6.45, 7) is 5.36. The fraction of sp³-hybridized carbons (Fsp3) is 0.500. The number of hydrogen-bond donors (Lipinski definition) is 2. The Labute approximate surface area is 103 Å². The monoisotopic (exact) mass is 234 g/mol. The Morgan fingerprint density at radius 1 is 1.24 bits per heavy atom. The van der Waals surface area contributed by atoms with Crippen LogP contribution in [0.2, 0.25) is 0 Å². The predicted molar refractivity (Wildman–Crippen MR) is 70.5 cm³/mol. The third-order valence-electron chi connectivity index (χ3n) is 2.54. The van der Waals surface area contributed by atoms with Crippen LogP contribution >= 0.6 is 0 Å². The van der Waals surface area contributed by atoms with Gasteiger partial charge in [0, 0.05) is 13.0 Å². The molecule has 0 fully saturated rings. The fourth-order valence-corrected chi connectivity index (χ4v) is 1.63. The second-order valence-corrected chi connectivity index (χ2v) is 4.73. The minimum Gasteiger partial charge on any atom is -0.352 e. The van der Waals surface area contributed by atoms with E-state index in [0.29, 0.717) is 25.4 Å². The number of carbonyl (C=O) groups is 1. The molecule has 0 aliphatic carbocycles. The van der Waals surface area contributed by atoms with Gasteiger partial charge in [0.05, 0.1) is 0 Å². The zero-order chi connectivity index (χ0) is 12.7. The Morgan fingerprint density at radius 2 is 1.82 bits per heavy atom. The maximum Gasteiger partial charge on any atom is 0.220 e. The van der Waals surface area contributed by atoms with Crippen molar-refractivity contribution >= 4 is 5.91 Å². The molecule has 0 spiro atoms. The van der Waals surface area contributed by atoms with Crippen LogP contribution in [0.3, 0.4) is 0 Å². The highest BCUT2D eigenvalue weighted by Gasteiger charge is 2.04. The zero-order valence-electron chi connectivity index (χ0n) is 10.7. The Hall–Kier alpha value is -1.35. The van der Waals surface area contributed by atoms with Gasteiger partial charge in [0.2, 0.25) is 5.91 Å². The van der Waals surface area contributed by atoms with Crippen molar-refractivity contribution in [2.24, 2.45) is 11.7 Å². The molecule has 0 aliphatic rings. The van der Waals surface area contributed by atoms with Crippen LogP contribution in [0.25, 0.3) is 0 Å². The average Bonchev–Trinajstić information content (AvgIpc) is 2.28. The number of hydrogen-bond acceptors (Lipinski definition) is 2. The van der Waals surface area contributed by atoms with Gasteiger partial charge in [0.25, 0.3) is 0 Å². The van der Waals surface area contributed by atoms with Crippen molar-refractivity contribution in [2.45, 2.75) is 33.2 Å². The average molecular weight is 234 g/mol. The lowest BCUT2D eigenvalue weighted by atomic mass is 10.1. The number of amides is 1. The summed E-state index contributed by atoms with van der Waals surface area (Å²) in [5, 5.41) is 2.92. The highest BCUT2D eigenvalue weighted by atomic mass is 16.1. The van der Waals surface area contributed by atoms with Crippen molar-refractivity contribution in [1.29, 1.82) is 0 Å². The molecule has 3 heteroatoms. The predicted octanol–water partition coefficient (Wildman–Crippen LogP) is 1.85. The normalized spacial score (nSPS) is 10.6. The lowest BCUT2D eigenvalue weighted by molar-refractivity contribution is -0.121. The minimum atomic E-state index is 0.117. The van der Waals surface area contributed by atoms with Gasteiger partial charge in [0.15, 0.2) is 0 Å². The van der Waals surface area contributed by atoms with Crippen molar-refractivity contribution in [2.75, 3.05) is 6.54 Å². The van der Waals surface area contributed by atoms with E-state index in [4.69, 9.17) is 5.73 Å². The van der Waals surface area contributed by atoms with Crippen LogP contribution in [-0.4, -0.2) is 12.5 Å². The molecule has 0 bridgehead atoms. The van der Waals surface area contributed by atoms with Gasteiger partial charge in [-0.25, -0.2) is 0 Å². The standard InChI is InChI=1S/C14H22N2O/c1-11(2)9-14(17)16-10-13-5-3-12(4-6-13)7-8-15/h3-6,11H,7-10,15H2,1-2H3,(H,16,17). The largest absolute Gasteiger partial charge is 0.352 e. The molecule has 0 heterocycles. The second-order valence-electron chi connectivity index (χ2n) is 4.73. The van der Waals surface area contributed by atoms with Gasteiger partial charge in [-0.05, 0) is 30.0 Å². The zero-order valence-corrected chi connectivity index (χ0v) is 10.7. The van der Waals surface area contributed by atoms with Crippen LogP contribution in [0.15, 0.2) is 24.3 Å². The van der Waals surface area contributed by atoms with E-state index in [1.54, 1.807) is 0 Å². The van der Waals surface area contributed by atoms with E-state index in [-0.39, 0.29) is 5.91 Å². The van der Waals surface area contributed by atoms with Crippen LogP contribution in [0.1, 0.15) is 31.4 Å². The molecule has 1 amide bonds. The van der Waals surface area contributed by atoms with Crippen molar-refractivity contribution in [3.8, 4) is 0 Å². The number of carbonyl (C=O) groups excluding carboxylic acids is 1. The summed E-state index contributed by atoms with van der Waals surface area (Å²) in [6.07, 6.45) is 1.49. The summed E-state index contributed by atoms with van der Waals surface area (Å²) in [7, 11) is 0. The molecule has 1 aromatic carbocycles. The topological polar surface area (TPSA) is 55.1 Å². The molecule has 1 rings (SSSR count). The summed E-state index contributed by atoms with van der Waals surface area (Å²) in [5.74, 6) is 0.521. The first-order chi connectivity index (χ1) is 8.11. The third kappa shape index (κ3) is 5.50. The van der Waals surface area contributed by atoms with E-state index >= 15 is 0 Å². The SMILES string of the molecule is CC(C)CC(=O)NCc1ccc(CCN)cc1. The molecule has 17 heavy (non-hydrogen) atoms. The number of nitrogens with two attached hydrogens (primary N) is 1. The van der Waals surface area contributed by atoms with Gasteiger partial charge in [-0.2, -0.15) is 0 Å². The van der Waals surface area contributed by atoms with Gasteiger partial charge in [0.1, 0.15) is 0 Å². The fourth-order valence-electron chi connectivity index (χ4n) is 1.63. The Kier molecular flexibility index (Phi) is 5.70. The molecule has 0 aliphatic heterocycles. The smallest absolute Gasteiger partial charge is 0.220 e. The molecule has 0 radical (unpaired) electrons. The Morgan fingerprint density at radius 3 is 2.35 bits per heavy atom. The summed E-state index contributed by atoms with van der Waals surface area (Å²) in [5.41, 5.74) is 7.85. The third-order valence-corrected chi connectivity index (χ3v) is 2.54. The molecular weight excluding hydrogens is 212 g/mol. The molecule has 3 N–H and O–H groups in total. The molecule has 0 unspecified atom stereocenters. The summed E-state index contributed by atoms with van der Waals surface area (Å²) in [4.78, 5) is 11.5. The van der Waals surface area contributed by atoms with Crippen molar-refractivity contribution in [1.82, 2.24) is 5.32 Å². The lowest BCUT2D eigenvalue weighted by Crippen LogP contribution is -2.23. The van der Waals surface area contributed by atoms with E-state index in [9.17, 15) is 4.79 Å². The number of rotatable bonds is 6. The first-order valence-corrected chi connectivity index (χ1v) is 6.16. The Balaban J connectivity index is 2.39.